The minimum absolute atomic E-state index is 0. The van der Waals surface area contributed by atoms with E-state index in [0.717, 1.165) is 62.8 Å². The van der Waals surface area contributed by atoms with Crippen LogP contribution in [0.3, 0.4) is 0 Å². The molecule has 13 aromatic rings. The Kier molecular flexibility index (Phi) is 49.5. The lowest BCUT2D eigenvalue weighted by Gasteiger charge is -2.48. The number of piperidine rings is 1. The zero-order chi connectivity index (χ0) is 95.1. The molecule has 2 aliphatic rings. The van der Waals surface area contributed by atoms with Gasteiger partial charge in [0, 0.05) is 38.1 Å². The number of benzene rings is 9. The van der Waals surface area contributed by atoms with Crippen molar-refractivity contribution in [1.29, 1.82) is 0 Å². The van der Waals surface area contributed by atoms with Crippen LogP contribution in [-0.4, -0.2) is 121 Å². The third kappa shape index (κ3) is 36.1. The number of aryl methyl sites for hydroxylation is 5. The van der Waals surface area contributed by atoms with Crippen LogP contribution >= 0.6 is 22.7 Å². The van der Waals surface area contributed by atoms with Crippen LogP contribution < -0.4 is 38.2 Å². The number of quaternary nitrogens is 2. The SMILES string of the molecule is CC(=O)N(O)c1ccccc1.CC1(C)CCCC(C)(C)N1O.CCCCC/C=C\C/C=C\CCCCCCCC.CCn1/c(=N/N=c2/sc3cc(C)ccc3n2CC)sc2cc(C)ccc21.CN1C(=O)c2ccccc2C1=O.Cc1ccccc1-c1ccccc1.O=Nc1c(O)[nH]c(=O)[nH]c1=O.OCc1ccc(O)cc1.OCc1ccc(O)cc1.On1nnc2ccccc21.[NH4+].[NH4+]. The van der Waals surface area contributed by atoms with Crippen molar-refractivity contribution in [2.24, 2.45) is 15.4 Å². The third-order valence-electron chi connectivity index (χ3n) is 20.6. The smallest absolute Gasteiger partial charge is 0.328 e. The fraction of sp³-hybridized carbons (Fsp3) is 0.337. The first kappa shape index (κ1) is 111. The lowest BCUT2D eigenvalue weighted by atomic mass is 9.82. The van der Waals surface area contributed by atoms with Crippen LogP contribution in [0.25, 0.3) is 42.6 Å². The number of aliphatic hydroxyl groups is 2. The Hall–Kier alpha value is -13.0. The van der Waals surface area contributed by atoms with Crippen LogP contribution in [0.5, 0.6) is 17.4 Å². The molecule has 9 aromatic carbocycles. The number of allylic oxidation sites excluding steroid dienone is 4. The van der Waals surface area contributed by atoms with E-state index in [1.165, 1.54) is 144 Å². The standard InChI is InChI=1S/C20H22N4S2.C18H34.C13H12.C9H7NO2.C9H19NO.C8H9NO2.2C7H8O2.C6H5N3O.C4H3N3O4.2H3N/c1-5-23-15-9-7-13(3)11-17(15)25-19(23)21-22-20-24(6-2)16-10-8-14(4)12-18(16)26-20;1-3-5-7-9-11-13-15-17-18-16-14-12-10-8-6-4-2;1-11-7-5-6-10-13(11)12-8-3-2-4-9-12;1-10-8(11)6-4-2-3-5-7(6)9(10)12;1-8(2)6-5-7-9(3,4)10(8)11;1-7(10)9(11)8-5-3-2-4-6-8;2*8-5-6-1-3-7(9)4-2-6;10-9-6-4-2-1-3-5(6)7-8-9;8-2-1(7-11)3(9)6-4(10)5-2;;/h7-12H,5-6H2,1-4H3;11,13,17-18H,3-10,12,14-16H2,1-2H3;2-10H,1H3;2-5H,1H3;11H,5-7H2,1-4H3;2-6,11H,1H3;2*1-4,8-9H,5H2;1-4,10H;(H3,5,6,8,9,10);2*1H3/p+2/b21-19-,22-20+;13-11-,18-17-;;;;;;;;;;. The van der Waals surface area contributed by atoms with E-state index in [9.17, 15) is 34.1 Å². The topological polar surface area (TPSA) is 456 Å². The lowest BCUT2D eigenvalue weighted by molar-refractivity contribution is -0.241. The normalized spacial score (nSPS) is 12.8. The van der Waals surface area contributed by atoms with E-state index in [1.54, 1.807) is 142 Å². The summed E-state index contributed by atoms with van der Waals surface area (Å²) in [4.78, 5) is 71.3. The fourth-order valence-corrected chi connectivity index (χ4v) is 15.7. The van der Waals surface area contributed by atoms with Crippen molar-refractivity contribution in [1.82, 2.24) is 56.5 Å². The number of fused-ring (bicyclic) bond motifs is 4. The molecule has 3 amide bonds. The molecule has 15 rings (SSSR count). The summed E-state index contributed by atoms with van der Waals surface area (Å²) in [5.74, 6) is -1.18. The highest BCUT2D eigenvalue weighted by molar-refractivity contribution is 7.16. The van der Waals surface area contributed by atoms with Crippen LogP contribution in [0.2, 0.25) is 0 Å². The number of rotatable bonds is 21. The molecule has 4 aromatic heterocycles. The van der Waals surface area contributed by atoms with Gasteiger partial charge in [-0.2, -0.15) is 10.1 Å². The molecule has 0 bridgehead atoms. The molecule has 6 heterocycles. The number of thiazole rings is 2. The number of aromatic amines is 2. The van der Waals surface area contributed by atoms with Gasteiger partial charge in [-0.15, -0.1) is 20.2 Å². The molecule has 1 fully saturated rings. The van der Waals surface area contributed by atoms with Crippen molar-refractivity contribution >= 4 is 83.2 Å². The monoisotopic (exact) mass is 1850 g/mol. The Morgan fingerprint density at radius 3 is 1.40 bits per heavy atom. The molecule has 2 aliphatic heterocycles. The number of hydrogen-bond acceptors (Lipinski definition) is 22. The van der Waals surface area contributed by atoms with Crippen LogP contribution in [0.4, 0.5) is 11.4 Å². The molecule has 31 heteroatoms. The number of hydroxylamine groups is 3. The Balaban J connectivity index is 0.000000313. The fourth-order valence-electron chi connectivity index (χ4n) is 13.4. The number of unbranched alkanes of at least 4 members (excludes halogenated alkanes) is 9. The second-order valence-electron chi connectivity index (χ2n) is 31.8. The molecular weight excluding hydrogens is 1710 g/mol. The number of nitrogens with one attached hydrogen (secondary N) is 2. The number of nitroso groups, excluding NO2 is 1. The van der Waals surface area contributed by atoms with E-state index < -0.39 is 28.7 Å². The number of H-pyrrole nitrogens is 2. The number of phenolic OH excluding ortho intramolecular Hbond substituents is 2. The number of hydrogen-bond donors (Lipinski definition) is 12. The average molecular weight is 1850 g/mol. The molecule has 0 saturated carbocycles. The first-order valence-corrected chi connectivity index (χ1v) is 45.3. The summed E-state index contributed by atoms with van der Waals surface area (Å²) >= 11 is 3.41. The maximum absolute atomic E-state index is 11.3. The first-order chi connectivity index (χ1) is 62.4. The average Bonchev–Trinajstić information content (AvgIpc) is 1.61. The Morgan fingerprint density at radius 1 is 0.530 bits per heavy atom. The number of amides is 3. The van der Waals surface area contributed by atoms with Crippen LogP contribution in [-0.2, 0) is 31.1 Å². The van der Waals surface area contributed by atoms with Gasteiger partial charge in [0.05, 0.1) is 50.5 Å². The van der Waals surface area contributed by atoms with Gasteiger partial charge in [-0.1, -0.05) is 244 Å². The summed E-state index contributed by atoms with van der Waals surface area (Å²) in [6, 6.07) is 67.6. The Morgan fingerprint density at radius 2 is 0.962 bits per heavy atom. The molecule has 708 valence electrons. The number of anilines is 1. The predicted octanol–water partition coefficient (Wildman–Crippen LogP) is 22.4. The van der Waals surface area contributed by atoms with Crippen LogP contribution in [0, 0.1) is 25.7 Å². The van der Waals surface area contributed by atoms with Gasteiger partial charge < -0.3 is 57.4 Å². The summed E-state index contributed by atoms with van der Waals surface area (Å²) in [6.07, 6.45) is 28.9. The Bertz CT molecular complexity index is 5790. The third-order valence-corrected chi connectivity index (χ3v) is 22.7. The summed E-state index contributed by atoms with van der Waals surface area (Å²) in [5, 5.41) is 91.9. The lowest BCUT2D eigenvalue weighted by Crippen LogP contribution is -2.56. The van der Waals surface area contributed by atoms with E-state index in [2.05, 4.69) is 220 Å². The highest BCUT2D eigenvalue weighted by Crippen LogP contribution is 2.36. The van der Waals surface area contributed by atoms with Gasteiger partial charge in [-0.05, 0) is 248 Å². The zero-order valence-electron chi connectivity index (χ0n) is 78.8. The van der Waals surface area contributed by atoms with Crippen molar-refractivity contribution in [3.8, 4) is 28.5 Å². The number of aromatic hydroxyl groups is 3. The molecule has 18 N–H and O–H groups in total. The molecule has 29 nitrogen and oxygen atoms in total. The van der Waals surface area contributed by atoms with E-state index in [0.29, 0.717) is 32.9 Å². The number of phenols is 2. The van der Waals surface area contributed by atoms with Gasteiger partial charge in [0.2, 0.25) is 27.1 Å². The van der Waals surface area contributed by atoms with Crippen molar-refractivity contribution in [3.05, 3.63) is 317 Å². The largest absolute Gasteiger partial charge is 0.508 e. The summed E-state index contributed by atoms with van der Waals surface area (Å²) < 4.78 is 6.99. The van der Waals surface area contributed by atoms with Gasteiger partial charge in [0.15, 0.2) is 0 Å². The van der Waals surface area contributed by atoms with Gasteiger partial charge in [0.1, 0.15) is 22.5 Å². The molecule has 0 aliphatic carbocycles. The number of nitrogens with zero attached hydrogens (tertiary/aromatic N) is 11. The Labute approximate surface area is 780 Å². The van der Waals surface area contributed by atoms with Crippen LogP contribution in [0.1, 0.15) is 207 Å². The first-order valence-electron chi connectivity index (χ1n) is 43.7. The zero-order valence-corrected chi connectivity index (χ0v) is 80.4. The molecular formula is C101H135N15O14S2+2. The molecule has 0 spiro atoms. The van der Waals surface area contributed by atoms with Gasteiger partial charge in [-0.25, -0.2) is 4.79 Å². The highest BCUT2D eigenvalue weighted by Gasteiger charge is 2.40. The van der Waals surface area contributed by atoms with E-state index >= 15 is 0 Å². The molecule has 0 atom stereocenters. The maximum Gasteiger partial charge on any atom is 0.328 e. The van der Waals surface area contributed by atoms with Gasteiger partial charge in [0.25, 0.3) is 17.4 Å². The number of carbonyl (C=O) groups is 3. The number of aliphatic hydroxyl groups excluding tert-OH is 2. The van der Waals surface area contributed by atoms with Crippen LogP contribution in [0.15, 0.2) is 268 Å². The molecule has 0 radical (unpaired) electrons. The minimum Gasteiger partial charge on any atom is -0.508 e. The van der Waals surface area contributed by atoms with Crippen molar-refractivity contribution in [3.63, 3.8) is 0 Å². The minimum atomic E-state index is -1.01. The second-order valence-corrected chi connectivity index (χ2v) is 33.8. The second kappa shape index (κ2) is 58.7. The number of imide groups is 1. The number of carbonyl (C=O) groups excluding carboxylic acids is 3. The quantitative estimate of drug-likeness (QED) is 0.00605. The van der Waals surface area contributed by atoms with E-state index in [4.69, 9.17) is 35.9 Å². The van der Waals surface area contributed by atoms with Crippen molar-refractivity contribution < 1.29 is 55.5 Å². The number of aromatic nitrogens is 7. The summed E-state index contributed by atoms with van der Waals surface area (Å²) in [7, 11) is 1.49. The molecule has 1 saturated heterocycles. The van der Waals surface area contributed by atoms with E-state index in [-0.39, 0.29) is 59.9 Å². The maximum atomic E-state index is 11.3. The summed E-state index contributed by atoms with van der Waals surface area (Å²) in [6.45, 7) is 26.7. The van der Waals surface area contributed by atoms with E-state index in [1.807, 2.05) is 24.3 Å². The predicted molar refractivity (Wildman–Crippen MR) is 533 cm³/mol. The van der Waals surface area contributed by atoms with Crippen molar-refractivity contribution in [2.45, 2.75) is 217 Å². The summed E-state index contributed by atoms with van der Waals surface area (Å²) in [5.41, 5.74) is 10.7. The van der Waals surface area contributed by atoms with Crippen molar-refractivity contribution in [2.75, 3.05) is 12.1 Å². The highest BCUT2D eigenvalue weighted by atomic mass is 32.1. The molecule has 132 heavy (non-hydrogen) atoms. The number of para-hydroxylation sites is 2. The molecule has 0 unspecified atom stereocenters. The van der Waals surface area contributed by atoms with Gasteiger partial charge in [-0.3, -0.25) is 39.3 Å². The van der Waals surface area contributed by atoms with Gasteiger partial charge >= 0.3 is 5.69 Å².